The molecule has 2 fully saturated rings. The Kier molecular flexibility index (Phi) is 11.5. The van der Waals surface area contributed by atoms with Gasteiger partial charge in [0.2, 0.25) is 0 Å². The van der Waals surface area contributed by atoms with Crippen molar-refractivity contribution in [1.29, 1.82) is 0 Å². The molecule has 14 heteroatoms. The summed E-state index contributed by atoms with van der Waals surface area (Å²) in [5.41, 5.74) is 0.432. The number of hydrogen-bond donors (Lipinski definition) is 2. The fourth-order valence-corrected chi connectivity index (χ4v) is 7.41. The number of carbonyl (C=O) groups excluding carboxylic acids is 1. The molecule has 0 radical (unpaired) electrons. The molecule has 3 aromatic rings. The fraction of sp³-hybridized carbons (Fsp3) is 0.472. The van der Waals surface area contributed by atoms with Gasteiger partial charge in [0, 0.05) is 48.0 Å². The van der Waals surface area contributed by atoms with Crippen molar-refractivity contribution in [3.8, 4) is 5.75 Å². The second kappa shape index (κ2) is 15.0. The lowest BCUT2D eigenvalue weighted by Gasteiger charge is -2.41. The molecule has 3 aromatic carbocycles. The average molecular weight is 756 g/mol. The van der Waals surface area contributed by atoms with Crippen LogP contribution in [0.15, 0.2) is 66.7 Å². The standard InChI is InChI=1S/C36H43Cl2F3N4O4S/c1-34(2,3)26-10-15-29(30(22-26)49-23-35(39,40)41)36(33(46)45-19-17-44(18-20-45)16-5-21-50(4,47)48)42-31(24-6-11-27(37)12-7-24)32(43-36)25-8-13-28(38)14-9-25/h6-15,22,31-32,42-43H,5,16-21,23H2,1-4H3/t31-,32+,36?. The van der Waals surface area contributed by atoms with Crippen LogP contribution in [-0.2, 0) is 25.7 Å². The minimum absolute atomic E-state index is 0.0610. The van der Waals surface area contributed by atoms with Gasteiger partial charge in [-0.05, 0) is 65.4 Å². The number of amides is 1. The highest BCUT2D eigenvalue weighted by molar-refractivity contribution is 7.90. The van der Waals surface area contributed by atoms with E-state index in [2.05, 4.69) is 15.5 Å². The molecule has 0 saturated carbocycles. The number of alkyl halides is 3. The highest BCUT2D eigenvalue weighted by atomic mass is 35.5. The van der Waals surface area contributed by atoms with Crippen molar-refractivity contribution in [3.63, 3.8) is 0 Å². The summed E-state index contributed by atoms with van der Waals surface area (Å²) in [5.74, 6) is -0.356. The van der Waals surface area contributed by atoms with Crippen LogP contribution in [0.25, 0.3) is 0 Å². The maximum atomic E-state index is 15.1. The smallest absolute Gasteiger partial charge is 0.422 e. The zero-order valence-electron chi connectivity index (χ0n) is 28.5. The van der Waals surface area contributed by atoms with E-state index in [4.69, 9.17) is 27.9 Å². The van der Waals surface area contributed by atoms with Crippen molar-refractivity contribution < 1.29 is 31.1 Å². The van der Waals surface area contributed by atoms with E-state index in [0.29, 0.717) is 49.2 Å². The Morgan fingerprint density at radius 3 is 1.86 bits per heavy atom. The summed E-state index contributed by atoms with van der Waals surface area (Å²) in [7, 11) is -3.10. The Balaban J connectivity index is 1.60. The number of piperazine rings is 1. The molecular weight excluding hydrogens is 712 g/mol. The summed E-state index contributed by atoms with van der Waals surface area (Å²) in [4.78, 5) is 18.9. The zero-order valence-corrected chi connectivity index (χ0v) is 30.8. The summed E-state index contributed by atoms with van der Waals surface area (Å²) in [6.07, 6.45) is -2.93. The third-order valence-electron chi connectivity index (χ3n) is 9.15. The molecule has 1 amide bonds. The van der Waals surface area contributed by atoms with E-state index in [1.807, 2.05) is 51.1 Å². The second-order valence-electron chi connectivity index (χ2n) is 14.1. The lowest BCUT2D eigenvalue weighted by molar-refractivity contribution is -0.153. The molecule has 2 aliphatic heterocycles. The monoisotopic (exact) mass is 754 g/mol. The first-order valence-corrected chi connectivity index (χ1v) is 19.3. The Bertz CT molecular complexity index is 1710. The maximum Gasteiger partial charge on any atom is 0.422 e. The molecule has 5 rings (SSSR count). The molecular formula is C36H43Cl2F3N4O4S. The van der Waals surface area contributed by atoms with Crippen molar-refractivity contribution in [1.82, 2.24) is 20.4 Å². The number of ether oxygens (including phenoxy) is 1. The van der Waals surface area contributed by atoms with Crippen molar-refractivity contribution in [2.45, 2.75) is 56.5 Å². The molecule has 2 N–H and O–H groups in total. The molecule has 1 unspecified atom stereocenters. The number of hydrogen-bond acceptors (Lipinski definition) is 7. The Morgan fingerprint density at radius 1 is 0.880 bits per heavy atom. The quantitative estimate of drug-likeness (QED) is 0.240. The van der Waals surface area contributed by atoms with Crippen LogP contribution in [0.5, 0.6) is 5.75 Å². The van der Waals surface area contributed by atoms with Gasteiger partial charge in [0.05, 0.1) is 17.8 Å². The molecule has 0 bridgehead atoms. The van der Waals surface area contributed by atoms with Gasteiger partial charge in [0.15, 0.2) is 12.3 Å². The van der Waals surface area contributed by atoms with Gasteiger partial charge in [-0.15, -0.1) is 0 Å². The van der Waals surface area contributed by atoms with Crippen LogP contribution in [0.3, 0.4) is 0 Å². The van der Waals surface area contributed by atoms with Gasteiger partial charge >= 0.3 is 6.18 Å². The maximum absolute atomic E-state index is 15.1. The zero-order chi connectivity index (χ0) is 36.5. The normalized spacial score (nSPS) is 22.1. The van der Waals surface area contributed by atoms with Crippen molar-refractivity contribution in [2.75, 3.05) is 51.3 Å². The summed E-state index contributed by atoms with van der Waals surface area (Å²) < 4.78 is 69.8. The fourth-order valence-electron chi connectivity index (χ4n) is 6.50. The number of sulfone groups is 1. The molecule has 2 aliphatic rings. The molecule has 0 aliphatic carbocycles. The molecule has 272 valence electrons. The molecule has 3 atom stereocenters. The molecule has 0 aromatic heterocycles. The number of benzene rings is 3. The first kappa shape index (κ1) is 38.4. The van der Waals surface area contributed by atoms with Crippen LogP contribution in [-0.4, -0.2) is 81.6 Å². The van der Waals surface area contributed by atoms with Crippen LogP contribution in [0.2, 0.25) is 10.0 Å². The lowest BCUT2D eigenvalue weighted by Crippen LogP contribution is -2.62. The SMILES string of the molecule is CC(C)(C)c1ccc(C2(C(=O)N3CCN(CCCS(C)(=O)=O)CC3)N[C@H](c3ccc(Cl)cc3)[C@H](c3ccc(Cl)cc3)N2)c(OCC(F)(F)F)c1. The van der Waals surface area contributed by atoms with Crippen LogP contribution < -0.4 is 15.4 Å². The van der Waals surface area contributed by atoms with Gasteiger partial charge in [-0.1, -0.05) is 80.4 Å². The second-order valence-corrected chi connectivity index (χ2v) is 17.2. The van der Waals surface area contributed by atoms with Gasteiger partial charge in [0.1, 0.15) is 15.6 Å². The van der Waals surface area contributed by atoms with Gasteiger partial charge in [0.25, 0.3) is 5.91 Å². The van der Waals surface area contributed by atoms with Crippen LogP contribution in [0, 0.1) is 0 Å². The average Bonchev–Trinajstić information content (AvgIpc) is 3.45. The van der Waals surface area contributed by atoms with Crippen molar-refractivity contribution in [3.05, 3.63) is 99.0 Å². The molecule has 8 nitrogen and oxygen atoms in total. The summed E-state index contributed by atoms with van der Waals surface area (Å²) in [6.45, 7) is 6.56. The Hall–Kier alpha value is -2.87. The highest BCUT2D eigenvalue weighted by Crippen LogP contribution is 2.45. The van der Waals surface area contributed by atoms with Crippen molar-refractivity contribution in [2.24, 2.45) is 0 Å². The van der Waals surface area contributed by atoms with Gasteiger partial charge < -0.3 is 9.64 Å². The van der Waals surface area contributed by atoms with Crippen LogP contribution >= 0.6 is 23.2 Å². The third-order valence-corrected chi connectivity index (χ3v) is 10.7. The summed E-state index contributed by atoms with van der Waals surface area (Å²) in [6, 6.07) is 18.4. The van der Waals surface area contributed by atoms with E-state index in [9.17, 15) is 21.6 Å². The topological polar surface area (TPSA) is 91.0 Å². The third kappa shape index (κ3) is 9.32. The van der Waals surface area contributed by atoms with E-state index < -0.39 is 45.8 Å². The Labute approximate surface area is 302 Å². The van der Waals surface area contributed by atoms with E-state index in [1.54, 1.807) is 41.3 Å². The molecule has 50 heavy (non-hydrogen) atoms. The summed E-state index contributed by atoms with van der Waals surface area (Å²) >= 11 is 12.5. The highest BCUT2D eigenvalue weighted by Gasteiger charge is 2.54. The predicted molar refractivity (Wildman–Crippen MR) is 190 cm³/mol. The van der Waals surface area contributed by atoms with Crippen LogP contribution in [0.4, 0.5) is 13.2 Å². The largest absolute Gasteiger partial charge is 0.484 e. The summed E-state index contributed by atoms with van der Waals surface area (Å²) in [5, 5.41) is 8.17. The van der Waals surface area contributed by atoms with E-state index in [1.165, 1.54) is 6.26 Å². The van der Waals surface area contributed by atoms with Crippen LogP contribution in [0.1, 0.15) is 61.5 Å². The number of rotatable bonds is 10. The van der Waals surface area contributed by atoms with Gasteiger partial charge in [-0.2, -0.15) is 13.2 Å². The van der Waals surface area contributed by atoms with E-state index >= 15 is 4.79 Å². The first-order valence-electron chi connectivity index (χ1n) is 16.4. The predicted octanol–water partition coefficient (Wildman–Crippen LogP) is 6.64. The number of halogens is 5. The van der Waals surface area contributed by atoms with Gasteiger partial charge in [-0.25, -0.2) is 8.42 Å². The lowest BCUT2D eigenvalue weighted by atomic mass is 9.84. The molecule has 0 spiro atoms. The van der Waals surface area contributed by atoms with Crippen molar-refractivity contribution >= 4 is 38.9 Å². The number of nitrogens with one attached hydrogen (secondary N) is 2. The minimum atomic E-state index is -4.62. The molecule has 2 saturated heterocycles. The van der Waals surface area contributed by atoms with Gasteiger partial charge in [-0.3, -0.25) is 20.3 Å². The minimum Gasteiger partial charge on any atom is -0.484 e. The number of carbonyl (C=O) groups is 1. The first-order chi connectivity index (χ1) is 23.3. The van der Waals surface area contributed by atoms with E-state index in [0.717, 1.165) is 16.7 Å². The molecule has 2 heterocycles. The van der Waals surface area contributed by atoms with E-state index in [-0.39, 0.29) is 23.0 Å². The Morgan fingerprint density at radius 2 is 1.40 bits per heavy atom. The number of nitrogens with zero attached hydrogens (tertiary/aromatic N) is 2.